The fourth-order valence-electron chi connectivity index (χ4n) is 2.09. The average Bonchev–Trinajstić information content (AvgIpc) is 2.31. The van der Waals surface area contributed by atoms with E-state index in [1.165, 1.54) is 19.1 Å². The Morgan fingerprint density at radius 2 is 2.11 bits per heavy atom. The van der Waals surface area contributed by atoms with Crippen LogP contribution in [0.3, 0.4) is 0 Å². The van der Waals surface area contributed by atoms with E-state index in [9.17, 15) is 14.7 Å². The van der Waals surface area contributed by atoms with Gasteiger partial charge in [-0.15, -0.1) is 0 Å². The second kappa shape index (κ2) is 5.40. The maximum atomic E-state index is 12.1. The smallest absolute Gasteiger partial charge is 0.254 e. The number of aromatic hydroxyl groups is 1. The third-order valence-electron chi connectivity index (χ3n) is 3.16. The van der Waals surface area contributed by atoms with Crippen LogP contribution in [0.4, 0.5) is 0 Å². The summed E-state index contributed by atoms with van der Waals surface area (Å²) in [5.41, 5.74) is 0.616. The predicted octanol–water partition coefficient (Wildman–Crippen LogP) is 1.46. The quantitative estimate of drug-likeness (QED) is 0.835. The van der Waals surface area contributed by atoms with Crippen LogP contribution < -0.4 is 0 Å². The number of phenolic OH excluding ortho intramolecular Hbond substituents is 1. The summed E-state index contributed by atoms with van der Waals surface area (Å²) in [6, 6.07) is 4.38. The van der Waals surface area contributed by atoms with Gasteiger partial charge in [0.25, 0.3) is 5.91 Å². The lowest BCUT2D eigenvalue weighted by Crippen LogP contribution is -2.54. The molecule has 1 amide bonds. The molecule has 0 radical (unpaired) electrons. The van der Waals surface area contributed by atoms with Gasteiger partial charge >= 0.3 is 0 Å². The zero-order valence-electron chi connectivity index (χ0n) is 11.0. The van der Waals surface area contributed by atoms with E-state index in [-0.39, 0.29) is 29.1 Å². The largest absolute Gasteiger partial charge is 0.507 e. The van der Waals surface area contributed by atoms with Gasteiger partial charge in [0.1, 0.15) is 5.75 Å². The number of likely N-dealkylation sites (tertiary alicyclic amines) is 1. The molecular formula is C14H17NO4. The molecule has 1 aliphatic rings. The van der Waals surface area contributed by atoms with Gasteiger partial charge in [0.2, 0.25) is 0 Å². The summed E-state index contributed by atoms with van der Waals surface area (Å²) in [6.07, 6.45) is 0.110. The number of ether oxygens (including phenoxy) is 1. The molecule has 1 saturated heterocycles. The van der Waals surface area contributed by atoms with Gasteiger partial charge in [0, 0.05) is 25.3 Å². The van der Waals surface area contributed by atoms with Crippen LogP contribution in [-0.2, 0) is 4.74 Å². The third-order valence-corrected chi connectivity index (χ3v) is 3.16. The van der Waals surface area contributed by atoms with Gasteiger partial charge in [-0.25, -0.2) is 0 Å². The van der Waals surface area contributed by atoms with Crippen LogP contribution in [0.25, 0.3) is 0 Å². The first-order valence-corrected chi connectivity index (χ1v) is 6.27. The standard InChI is InChI=1S/C14H17NO4/c1-3-19-11-7-15(8-11)14(18)10-4-5-12(9(2)16)13(17)6-10/h4-6,11,17H,3,7-8H2,1-2H3. The summed E-state index contributed by atoms with van der Waals surface area (Å²) < 4.78 is 5.38. The van der Waals surface area contributed by atoms with Crippen molar-refractivity contribution in [3.05, 3.63) is 29.3 Å². The van der Waals surface area contributed by atoms with Crippen LogP contribution in [-0.4, -0.2) is 47.5 Å². The van der Waals surface area contributed by atoms with E-state index < -0.39 is 0 Å². The Labute approximate surface area is 111 Å². The third kappa shape index (κ3) is 2.76. The molecule has 1 N–H and O–H groups in total. The molecule has 1 aliphatic heterocycles. The number of rotatable bonds is 4. The second-order valence-corrected chi connectivity index (χ2v) is 4.58. The Kier molecular flexibility index (Phi) is 3.85. The molecule has 5 heteroatoms. The molecule has 0 atom stereocenters. The summed E-state index contributed by atoms with van der Waals surface area (Å²) in [7, 11) is 0. The van der Waals surface area contributed by atoms with Crippen molar-refractivity contribution in [1.29, 1.82) is 0 Å². The highest BCUT2D eigenvalue weighted by Gasteiger charge is 2.31. The highest BCUT2D eigenvalue weighted by atomic mass is 16.5. The van der Waals surface area contributed by atoms with Crippen LogP contribution in [0.2, 0.25) is 0 Å². The monoisotopic (exact) mass is 263 g/mol. The van der Waals surface area contributed by atoms with E-state index in [0.717, 1.165) is 0 Å². The average molecular weight is 263 g/mol. The summed E-state index contributed by atoms with van der Waals surface area (Å²) in [5, 5.41) is 9.70. The Balaban J connectivity index is 2.05. The molecule has 1 aromatic carbocycles. The Morgan fingerprint density at radius 1 is 1.42 bits per heavy atom. The minimum atomic E-state index is -0.225. The lowest BCUT2D eigenvalue weighted by atomic mass is 10.0. The van der Waals surface area contributed by atoms with Crippen molar-refractivity contribution < 1.29 is 19.4 Å². The van der Waals surface area contributed by atoms with E-state index in [2.05, 4.69) is 0 Å². The number of ketones is 1. The fourth-order valence-corrected chi connectivity index (χ4v) is 2.09. The number of carbonyl (C=O) groups is 2. The molecule has 5 nitrogen and oxygen atoms in total. The first kappa shape index (κ1) is 13.5. The fraction of sp³-hybridized carbons (Fsp3) is 0.429. The molecule has 1 heterocycles. The van der Waals surface area contributed by atoms with Crippen molar-refractivity contribution in [3.63, 3.8) is 0 Å². The van der Waals surface area contributed by atoms with E-state index in [1.54, 1.807) is 11.0 Å². The molecule has 2 rings (SSSR count). The molecule has 0 unspecified atom stereocenters. The molecule has 0 spiro atoms. The van der Waals surface area contributed by atoms with E-state index in [1.807, 2.05) is 6.92 Å². The summed E-state index contributed by atoms with van der Waals surface area (Å²) in [5.74, 6) is -0.529. The number of nitrogens with zero attached hydrogens (tertiary/aromatic N) is 1. The minimum Gasteiger partial charge on any atom is -0.507 e. The van der Waals surface area contributed by atoms with Crippen LogP contribution in [0.15, 0.2) is 18.2 Å². The van der Waals surface area contributed by atoms with E-state index in [0.29, 0.717) is 25.3 Å². The van der Waals surface area contributed by atoms with Crippen molar-refractivity contribution in [2.45, 2.75) is 20.0 Å². The number of Topliss-reactive ketones (excluding diaryl/α,β-unsaturated/α-hetero) is 1. The Morgan fingerprint density at radius 3 is 2.63 bits per heavy atom. The van der Waals surface area contributed by atoms with Crippen LogP contribution in [0, 0.1) is 0 Å². The van der Waals surface area contributed by atoms with Crippen molar-refractivity contribution in [3.8, 4) is 5.75 Å². The summed E-state index contributed by atoms with van der Waals surface area (Å²) >= 11 is 0. The van der Waals surface area contributed by atoms with Gasteiger partial charge in [-0.1, -0.05) is 0 Å². The number of phenols is 1. The normalized spacial score (nSPS) is 15.2. The Hall–Kier alpha value is -1.88. The second-order valence-electron chi connectivity index (χ2n) is 4.58. The first-order valence-electron chi connectivity index (χ1n) is 6.27. The highest BCUT2D eigenvalue weighted by molar-refractivity contribution is 6.00. The van der Waals surface area contributed by atoms with Gasteiger partial charge in [-0.3, -0.25) is 9.59 Å². The van der Waals surface area contributed by atoms with Crippen LogP contribution >= 0.6 is 0 Å². The molecular weight excluding hydrogens is 246 g/mol. The number of amides is 1. The van der Waals surface area contributed by atoms with Crippen molar-refractivity contribution in [2.75, 3.05) is 19.7 Å². The van der Waals surface area contributed by atoms with Gasteiger partial charge in [0.05, 0.1) is 11.7 Å². The molecule has 19 heavy (non-hydrogen) atoms. The van der Waals surface area contributed by atoms with E-state index in [4.69, 9.17) is 4.74 Å². The summed E-state index contributed by atoms with van der Waals surface area (Å²) in [6.45, 7) is 5.08. The topological polar surface area (TPSA) is 66.8 Å². The molecule has 1 aromatic rings. The molecule has 0 aromatic heterocycles. The maximum absolute atomic E-state index is 12.1. The van der Waals surface area contributed by atoms with Crippen molar-refractivity contribution >= 4 is 11.7 Å². The first-order chi connectivity index (χ1) is 9.02. The Bertz CT molecular complexity index is 506. The number of hydrogen-bond donors (Lipinski definition) is 1. The molecule has 0 saturated carbocycles. The maximum Gasteiger partial charge on any atom is 0.254 e. The van der Waals surface area contributed by atoms with E-state index >= 15 is 0 Å². The molecule has 0 bridgehead atoms. The van der Waals surface area contributed by atoms with Crippen LogP contribution in [0.5, 0.6) is 5.75 Å². The summed E-state index contributed by atoms with van der Waals surface area (Å²) in [4.78, 5) is 24.9. The lowest BCUT2D eigenvalue weighted by Gasteiger charge is -2.38. The molecule has 0 aliphatic carbocycles. The zero-order chi connectivity index (χ0) is 14.0. The minimum absolute atomic E-state index is 0.110. The zero-order valence-corrected chi connectivity index (χ0v) is 11.0. The lowest BCUT2D eigenvalue weighted by molar-refractivity contribution is -0.0378. The van der Waals surface area contributed by atoms with Crippen molar-refractivity contribution in [2.24, 2.45) is 0 Å². The van der Waals surface area contributed by atoms with Gasteiger partial charge < -0.3 is 14.7 Å². The number of hydrogen-bond acceptors (Lipinski definition) is 4. The number of carbonyl (C=O) groups excluding carboxylic acids is 2. The van der Waals surface area contributed by atoms with Gasteiger partial charge in [-0.05, 0) is 32.0 Å². The van der Waals surface area contributed by atoms with Crippen LogP contribution in [0.1, 0.15) is 34.6 Å². The van der Waals surface area contributed by atoms with Gasteiger partial charge in [0.15, 0.2) is 5.78 Å². The number of benzene rings is 1. The predicted molar refractivity (Wildman–Crippen MR) is 69.4 cm³/mol. The SMILES string of the molecule is CCOC1CN(C(=O)c2ccc(C(C)=O)c(O)c2)C1. The highest BCUT2D eigenvalue weighted by Crippen LogP contribution is 2.22. The van der Waals surface area contributed by atoms with Gasteiger partial charge in [-0.2, -0.15) is 0 Å². The molecule has 1 fully saturated rings. The molecule has 102 valence electrons. The van der Waals surface area contributed by atoms with Crippen molar-refractivity contribution in [1.82, 2.24) is 4.90 Å².